The molecule has 0 saturated carbocycles. The summed E-state index contributed by atoms with van der Waals surface area (Å²) >= 11 is 0. The smallest absolute Gasteiger partial charge is 0.228 e. The molecule has 0 aliphatic carbocycles. The van der Waals surface area contributed by atoms with E-state index in [1.807, 2.05) is 25.1 Å². The Kier molecular flexibility index (Phi) is 6.57. The number of benzene rings is 1. The molecule has 1 unspecified atom stereocenters. The van der Waals surface area contributed by atoms with Gasteiger partial charge in [-0.05, 0) is 13.3 Å². The monoisotopic (exact) mass is 388 g/mol. The second-order valence-corrected chi connectivity index (χ2v) is 6.63. The minimum Gasteiger partial charge on any atom is -0.497 e. The molecule has 0 spiro atoms. The Morgan fingerprint density at radius 3 is 2.64 bits per heavy atom. The van der Waals surface area contributed by atoms with Crippen LogP contribution < -0.4 is 25.0 Å². The molecular formula is C19H28N6O3. The summed E-state index contributed by atoms with van der Waals surface area (Å²) in [5.41, 5.74) is 1.09. The zero-order valence-corrected chi connectivity index (χ0v) is 16.9. The molecule has 1 saturated heterocycles. The molecule has 0 radical (unpaired) electrons. The summed E-state index contributed by atoms with van der Waals surface area (Å²) in [7, 11) is 5.10. The number of aromatic nitrogens is 2. The van der Waals surface area contributed by atoms with Crippen LogP contribution in [0.25, 0.3) is 0 Å². The normalized spacial score (nSPS) is 16.9. The summed E-state index contributed by atoms with van der Waals surface area (Å²) < 4.78 is 15.9. The third-order valence-corrected chi connectivity index (χ3v) is 4.66. The lowest BCUT2D eigenvalue weighted by Gasteiger charge is -2.21. The van der Waals surface area contributed by atoms with Gasteiger partial charge in [0.1, 0.15) is 11.5 Å². The zero-order chi connectivity index (χ0) is 19.9. The van der Waals surface area contributed by atoms with Crippen LogP contribution in [0.4, 0.5) is 5.69 Å². The Labute approximate surface area is 165 Å². The van der Waals surface area contributed by atoms with Gasteiger partial charge in [-0.3, -0.25) is 4.99 Å². The number of anilines is 1. The van der Waals surface area contributed by atoms with E-state index in [2.05, 4.69) is 30.7 Å². The number of guanidine groups is 1. The standard InChI is InChI=1S/C19H28N6O3/c1-13-22-18(28-24-13)5-7-21-19(20-2)23-14-6-8-25(12-14)15-9-16(26-3)11-17(10-15)27-4/h9-11,14H,5-8,12H2,1-4H3,(H2,20,21,23). The second kappa shape index (κ2) is 9.29. The summed E-state index contributed by atoms with van der Waals surface area (Å²) in [5, 5.41) is 10.6. The van der Waals surface area contributed by atoms with Crippen molar-refractivity contribution in [1.29, 1.82) is 0 Å². The van der Waals surface area contributed by atoms with Gasteiger partial charge in [0.15, 0.2) is 11.8 Å². The van der Waals surface area contributed by atoms with Crippen LogP contribution in [0.3, 0.4) is 0 Å². The molecule has 1 aromatic carbocycles. The first-order valence-electron chi connectivity index (χ1n) is 9.35. The van der Waals surface area contributed by atoms with Gasteiger partial charge in [-0.25, -0.2) is 0 Å². The predicted octanol–water partition coefficient (Wildman–Crippen LogP) is 1.38. The number of nitrogens with zero attached hydrogens (tertiary/aromatic N) is 4. The van der Waals surface area contributed by atoms with Gasteiger partial charge in [0.2, 0.25) is 5.89 Å². The van der Waals surface area contributed by atoms with Crippen molar-refractivity contribution in [2.24, 2.45) is 4.99 Å². The van der Waals surface area contributed by atoms with E-state index in [-0.39, 0.29) is 0 Å². The molecule has 28 heavy (non-hydrogen) atoms. The third-order valence-electron chi connectivity index (χ3n) is 4.66. The summed E-state index contributed by atoms with van der Waals surface area (Å²) in [6, 6.07) is 6.25. The molecule has 2 aromatic rings. The molecule has 0 amide bonds. The maximum absolute atomic E-state index is 5.38. The number of hydrogen-bond donors (Lipinski definition) is 2. The Morgan fingerprint density at radius 1 is 1.29 bits per heavy atom. The van der Waals surface area contributed by atoms with Crippen molar-refractivity contribution in [3.05, 3.63) is 29.9 Å². The van der Waals surface area contributed by atoms with Crippen LogP contribution in [0.15, 0.2) is 27.7 Å². The van der Waals surface area contributed by atoms with Crippen molar-refractivity contribution >= 4 is 11.6 Å². The molecule has 1 atom stereocenters. The SMILES string of the molecule is CN=C(NCCc1nc(C)no1)NC1CCN(c2cc(OC)cc(OC)c2)C1. The maximum Gasteiger partial charge on any atom is 0.228 e. The van der Waals surface area contributed by atoms with E-state index in [9.17, 15) is 0 Å². The molecule has 9 heteroatoms. The summed E-state index contributed by atoms with van der Waals surface area (Å²) in [4.78, 5) is 10.8. The number of hydrogen-bond acceptors (Lipinski definition) is 7. The molecule has 1 aromatic heterocycles. The summed E-state index contributed by atoms with van der Waals surface area (Å²) in [6.07, 6.45) is 1.67. The lowest BCUT2D eigenvalue weighted by atomic mass is 10.2. The van der Waals surface area contributed by atoms with Gasteiger partial charge in [0, 0.05) is 63.0 Å². The van der Waals surface area contributed by atoms with Crippen molar-refractivity contribution in [2.75, 3.05) is 45.8 Å². The van der Waals surface area contributed by atoms with E-state index in [1.54, 1.807) is 21.3 Å². The summed E-state index contributed by atoms with van der Waals surface area (Å²) in [6.45, 7) is 4.31. The minimum absolute atomic E-state index is 0.300. The highest BCUT2D eigenvalue weighted by Gasteiger charge is 2.24. The number of ether oxygens (including phenoxy) is 2. The maximum atomic E-state index is 5.38. The van der Waals surface area contributed by atoms with Gasteiger partial charge < -0.3 is 29.5 Å². The molecule has 9 nitrogen and oxygen atoms in total. The van der Waals surface area contributed by atoms with Crippen LogP contribution in [0.2, 0.25) is 0 Å². The number of rotatable bonds is 7. The van der Waals surface area contributed by atoms with Gasteiger partial charge in [-0.15, -0.1) is 0 Å². The Morgan fingerprint density at radius 2 is 2.04 bits per heavy atom. The predicted molar refractivity (Wildman–Crippen MR) is 107 cm³/mol. The van der Waals surface area contributed by atoms with E-state index in [4.69, 9.17) is 14.0 Å². The number of nitrogens with one attached hydrogen (secondary N) is 2. The average Bonchev–Trinajstić information content (AvgIpc) is 3.35. The molecular weight excluding hydrogens is 360 g/mol. The Balaban J connectivity index is 1.51. The van der Waals surface area contributed by atoms with E-state index in [0.717, 1.165) is 42.7 Å². The van der Waals surface area contributed by atoms with Crippen molar-refractivity contribution in [3.63, 3.8) is 0 Å². The molecule has 1 fully saturated rings. The highest BCUT2D eigenvalue weighted by molar-refractivity contribution is 5.80. The number of aryl methyl sites for hydroxylation is 1. The van der Waals surface area contributed by atoms with E-state index in [0.29, 0.717) is 30.7 Å². The Hall–Kier alpha value is -2.97. The van der Waals surface area contributed by atoms with Crippen LogP contribution in [0, 0.1) is 6.92 Å². The Bertz CT molecular complexity index is 784. The molecule has 152 valence electrons. The second-order valence-electron chi connectivity index (χ2n) is 6.63. The molecule has 2 heterocycles. The topological polar surface area (TPSA) is 97.0 Å². The van der Waals surface area contributed by atoms with Gasteiger partial charge in [-0.1, -0.05) is 5.16 Å². The largest absolute Gasteiger partial charge is 0.497 e. The summed E-state index contributed by atoms with van der Waals surface area (Å²) in [5.74, 6) is 3.63. The molecule has 3 rings (SSSR count). The van der Waals surface area contributed by atoms with Crippen molar-refractivity contribution in [1.82, 2.24) is 20.8 Å². The van der Waals surface area contributed by atoms with E-state index < -0.39 is 0 Å². The average molecular weight is 388 g/mol. The number of aliphatic imine (C=N–C) groups is 1. The quantitative estimate of drug-likeness (QED) is 0.542. The lowest BCUT2D eigenvalue weighted by molar-refractivity contribution is 0.374. The van der Waals surface area contributed by atoms with Gasteiger partial charge in [0.05, 0.1) is 14.2 Å². The molecule has 2 N–H and O–H groups in total. The van der Waals surface area contributed by atoms with Crippen LogP contribution in [0.5, 0.6) is 11.5 Å². The highest BCUT2D eigenvalue weighted by Crippen LogP contribution is 2.30. The van der Waals surface area contributed by atoms with E-state index >= 15 is 0 Å². The fraction of sp³-hybridized carbons (Fsp3) is 0.526. The van der Waals surface area contributed by atoms with Crippen LogP contribution >= 0.6 is 0 Å². The van der Waals surface area contributed by atoms with E-state index in [1.165, 1.54) is 0 Å². The van der Waals surface area contributed by atoms with Crippen LogP contribution in [-0.4, -0.2) is 63.0 Å². The van der Waals surface area contributed by atoms with Gasteiger partial charge in [0.25, 0.3) is 0 Å². The molecule has 1 aliphatic heterocycles. The van der Waals surface area contributed by atoms with Crippen LogP contribution in [-0.2, 0) is 6.42 Å². The molecule has 1 aliphatic rings. The lowest BCUT2D eigenvalue weighted by Crippen LogP contribution is -2.45. The number of methoxy groups -OCH3 is 2. The fourth-order valence-corrected chi connectivity index (χ4v) is 3.20. The first-order valence-corrected chi connectivity index (χ1v) is 9.35. The zero-order valence-electron chi connectivity index (χ0n) is 16.9. The minimum atomic E-state index is 0.300. The van der Waals surface area contributed by atoms with Gasteiger partial charge >= 0.3 is 0 Å². The van der Waals surface area contributed by atoms with Gasteiger partial charge in [-0.2, -0.15) is 4.98 Å². The highest BCUT2D eigenvalue weighted by atomic mass is 16.5. The van der Waals surface area contributed by atoms with Crippen LogP contribution in [0.1, 0.15) is 18.1 Å². The van der Waals surface area contributed by atoms with Crippen molar-refractivity contribution in [3.8, 4) is 11.5 Å². The molecule has 0 bridgehead atoms. The van der Waals surface area contributed by atoms with Crippen molar-refractivity contribution < 1.29 is 14.0 Å². The van der Waals surface area contributed by atoms with Crippen molar-refractivity contribution in [2.45, 2.75) is 25.8 Å². The fourth-order valence-electron chi connectivity index (χ4n) is 3.20. The first-order chi connectivity index (χ1) is 13.6. The third kappa shape index (κ3) is 5.05. The first kappa shape index (κ1) is 19.8.